The van der Waals surface area contributed by atoms with Crippen molar-refractivity contribution in [3.05, 3.63) is 41.1 Å². The van der Waals surface area contributed by atoms with Crippen LogP contribution in [-0.4, -0.2) is 9.78 Å². The number of hydrogen-bond acceptors (Lipinski definition) is 4. The summed E-state index contributed by atoms with van der Waals surface area (Å²) in [5.74, 6) is 6.18. The number of nitrogens with one attached hydrogen (secondary N) is 1. The van der Waals surface area contributed by atoms with Crippen LogP contribution in [0.5, 0.6) is 0 Å². The van der Waals surface area contributed by atoms with Crippen LogP contribution in [-0.2, 0) is 6.54 Å². The van der Waals surface area contributed by atoms with Crippen LogP contribution in [0, 0.1) is 0 Å². The van der Waals surface area contributed by atoms with Crippen molar-refractivity contribution in [3.63, 3.8) is 0 Å². The Morgan fingerprint density at radius 3 is 2.94 bits per heavy atom. The minimum absolute atomic E-state index is 0.229. The third kappa shape index (κ3) is 2.11. The van der Waals surface area contributed by atoms with Crippen molar-refractivity contribution < 1.29 is 4.42 Å². The third-order valence-corrected chi connectivity index (χ3v) is 2.56. The second kappa shape index (κ2) is 4.69. The summed E-state index contributed by atoms with van der Waals surface area (Å²) in [4.78, 5) is 0. The molecule has 0 saturated heterocycles. The number of rotatable bonds is 4. The van der Waals surface area contributed by atoms with Gasteiger partial charge >= 0.3 is 0 Å². The smallest absolute Gasteiger partial charge is 0.193 e. The van der Waals surface area contributed by atoms with E-state index in [1.165, 1.54) is 0 Å². The molecule has 16 heavy (non-hydrogen) atoms. The van der Waals surface area contributed by atoms with Crippen molar-refractivity contribution in [3.8, 4) is 0 Å². The highest BCUT2D eigenvalue weighted by molar-refractivity contribution is 6.28. The van der Waals surface area contributed by atoms with Crippen molar-refractivity contribution in [1.82, 2.24) is 15.2 Å². The summed E-state index contributed by atoms with van der Waals surface area (Å²) in [5.41, 5.74) is 3.62. The summed E-state index contributed by atoms with van der Waals surface area (Å²) in [7, 11) is 0. The van der Waals surface area contributed by atoms with Crippen molar-refractivity contribution in [2.45, 2.75) is 19.5 Å². The molecule has 6 heteroatoms. The lowest BCUT2D eigenvalue weighted by Gasteiger charge is -2.10. The number of hydrazine groups is 1. The van der Waals surface area contributed by atoms with Gasteiger partial charge in [-0.25, -0.2) is 5.43 Å². The lowest BCUT2D eigenvalue weighted by molar-refractivity contribution is 0.453. The molecule has 0 aliphatic heterocycles. The first-order valence-electron chi connectivity index (χ1n) is 4.98. The maximum Gasteiger partial charge on any atom is 0.193 e. The summed E-state index contributed by atoms with van der Waals surface area (Å²) in [6.45, 7) is 2.83. The lowest BCUT2D eigenvalue weighted by atomic mass is 10.1. The van der Waals surface area contributed by atoms with Gasteiger partial charge in [0.25, 0.3) is 0 Å². The molecule has 2 rings (SSSR count). The van der Waals surface area contributed by atoms with Gasteiger partial charge in [0.2, 0.25) is 0 Å². The van der Waals surface area contributed by atoms with Gasteiger partial charge in [-0.2, -0.15) is 5.10 Å². The maximum atomic E-state index is 5.73. The predicted molar refractivity (Wildman–Crippen MR) is 60.8 cm³/mol. The van der Waals surface area contributed by atoms with Gasteiger partial charge in [0.1, 0.15) is 11.8 Å². The molecule has 0 radical (unpaired) electrons. The molecule has 0 bridgehead atoms. The second-order valence-electron chi connectivity index (χ2n) is 3.37. The van der Waals surface area contributed by atoms with Crippen LogP contribution >= 0.6 is 11.6 Å². The Morgan fingerprint density at radius 1 is 1.62 bits per heavy atom. The zero-order chi connectivity index (χ0) is 11.5. The predicted octanol–water partition coefficient (Wildman–Crippen LogP) is 1.70. The molecular formula is C10H13ClN4O. The Balaban J connectivity index is 2.28. The van der Waals surface area contributed by atoms with Gasteiger partial charge in [-0.1, -0.05) is 0 Å². The molecule has 0 aliphatic carbocycles. The highest BCUT2D eigenvalue weighted by Crippen LogP contribution is 2.24. The topological polar surface area (TPSA) is 69.0 Å². The zero-order valence-corrected chi connectivity index (χ0v) is 9.61. The van der Waals surface area contributed by atoms with Crippen LogP contribution in [0.15, 0.2) is 28.9 Å². The highest BCUT2D eigenvalue weighted by atomic mass is 35.5. The SMILES string of the molecule is CCn1cc(C(NN)c2ccc(Cl)o2)cn1. The summed E-state index contributed by atoms with van der Waals surface area (Å²) < 4.78 is 7.14. The Hall–Kier alpha value is -1.30. The second-order valence-corrected chi connectivity index (χ2v) is 3.74. The van der Waals surface area contributed by atoms with Gasteiger partial charge in [0.15, 0.2) is 5.22 Å². The highest BCUT2D eigenvalue weighted by Gasteiger charge is 2.17. The largest absolute Gasteiger partial charge is 0.448 e. The average molecular weight is 241 g/mol. The van der Waals surface area contributed by atoms with Gasteiger partial charge in [-0.3, -0.25) is 10.5 Å². The number of hydrogen-bond donors (Lipinski definition) is 2. The van der Waals surface area contributed by atoms with Crippen LogP contribution in [0.4, 0.5) is 0 Å². The first-order valence-corrected chi connectivity index (χ1v) is 5.36. The summed E-state index contributed by atoms with van der Waals surface area (Å²) in [6, 6.07) is 3.24. The molecule has 0 aromatic carbocycles. The first kappa shape index (κ1) is 11.2. The van der Waals surface area contributed by atoms with E-state index in [9.17, 15) is 0 Å². The van der Waals surface area contributed by atoms with E-state index in [1.807, 2.05) is 17.8 Å². The molecule has 0 spiro atoms. The fourth-order valence-electron chi connectivity index (χ4n) is 1.53. The molecule has 5 nitrogen and oxygen atoms in total. The Morgan fingerprint density at radius 2 is 2.44 bits per heavy atom. The molecule has 2 heterocycles. The van der Waals surface area contributed by atoms with Crippen molar-refractivity contribution >= 4 is 11.6 Å². The molecule has 86 valence electrons. The zero-order valence-electron chi connectivity index (χ0n) is 8.85. The molecule has 0 saturated carbocycles. The Kier molecular flexibility index (Phi) is 3.28. The molecule has 0 aliphatic rings. The average Bonchev–Trinajstić information content (AvgIpc) is 2.89. The van der Waals surface area contributed by atoms with Gasteiger partial charge in [-0.15, -0.1) is 0 Å². The number of nitrogens with two attached hydrogens (primary N) is 1. The maximum absolute atomic E-state index is 5.73. The number of aromatic nitrogens is 2. The van der Waals surface area contributed by atoms with Crippen LogP contribution in [0.2, 0.25) is 5.22 Å². The van der Waals surface area contributed by atoms with Crippen molar-refractivity contribution in [1.29, 1.82) is 0 Å². The van der Waals surface area contributed by atoms with Crippen molar-refractivity contribution in [2.75, 3.05) is 0 Å². The van der Waals surface area contributed by atoms with E-state index in [0.29, 0.717) is 11.0 Å². The molecule has 3 N–H and O–H groups in total. The summed E-state index contributed by atoms with van der Waals surface area (Å²) in [5, 5.41) is 4.53. The standard InChI is InChI=1S/C10H13ClN4O/c1-2-15-6-7(5-13-15)10(14-12)8-3-4-9(11)16-8/h3-6,10,14H,2,12H2,1H3. The van der Waals surface area contributed by atoms with Crippen LogP contribution in [0.1, 0.15) is 24.3 Å². The Bertz CT molecular complexity index is 465. The van der Waals surface area contributed by atoms with E-state index in [0.717, 1.165) is 12.1 Å². The van der Waals surface area contributed by atoms with E-state index in [4.69, 9.17) is 21.9 Å². The van der Waals surface area contributed by atoms with Crippen LogP contribution < -0.4 is 11.3 Å². The molecule has 1 atom stereocenters. The molecular weight excluding hydrogens is 228 g/mol. The van der Waals surface area contributed by atoms with Gasteiger partial charge < -0.3 is 4.42 Å². The molecule has 0 amide bonds. The minimum Gasteiger partial charge on any atom is -0.448 e. The van der Waals surface area contributed by atoms with Gasteiger partial charge in [0.05, 0.1) is 6.20 Å². The number of halogens is 1. The lowest BCUT2D eigenvalue weighted by Crippen LogP contribution is -2.28. The third-order valence-electron chi connectivity index (χ3n) is 2.36. The van der Waals surface area contributed by atoms with E-state index in [2.05, 4.69) is 10.5 Å². The van der Waals surface area contributed by atoms with E-state index in [-0.39, 0.29) is 6.04 Å². The normalized spacial score (nSPS) is 12.9. The minimum atomic E-state index is -0.229. The molecule has 2 aromatic rings. The molecule has 0 fully saturated rings. The van der Waals surface area contributed by atoms with Crippen LogP contribution in [0.3, 0.4) is 0 Å². The van der Waals surface area contributed by atoms with E-state index in [1.54, 1.807) is 18.3 Å². The monoisotopic (exact) mass is 240 g/mol. The van der Waals surface area contributed by atoms with Gasteiger partial charge in [-0.05, 0) is 30.7 Å². The first-order chi connectivity index (χ1) is 7.74. The Labute approximate surface area is 98.1 Å². The van der Waals surface area contributed by atoms with E-state index < -0.39 is 0 Å². The van der Waals surface area contributed by atoms with Crippen molar-refractivity contribution in [2.24, 2.45) is 5.84 Å². The quantitative estimate of drug-likeness (QED) is 0.631. The van der Waals surface area contributed by atoms with Gasteiger partial charge in [0, 0.05) is 18.3 Å². The summed E-state index contributed by atoms with van der Waals surface area (Å²) >= 11 is 5.73. The number of nitrogens with zero attached hydrogens (tertiary/aromatic N) is 2. The number of aryl methyl sites for hydroxylation is 1. The van der Waals surface area contributed by atoms with Crippen LogP contribution in [0.25, 0.3) is 0 Å². The fraction of sp³-hybridized carbons (Fsp3) is 0.300. The molecule has 2 aromatic heterocycles. The van der Waals surface area contributed by atoms with E-state index >= 15 is 0 Å². The number of furan rings is 1. The molecule has 1 unspecified atom stereocenters. The fourth-order valence-corrected chi connectivity index (χ4v) is 1.68. The summed E-state index contributed by atoms with van der Waals surface area (Å²) in [6.07, 6.45) is 3.67.